The highest BCUT2D eigenvalue weighted by molar-refractivity contribution is 5.93. The summed E-state index contributed by atoms with van der Waals surface area (Å²) in [7, 11) is 0. The molecule has 1 amide bonds. The summed E-state index contributed by atoms with van der Waals surface area (Å²) in [4.78, 5) is 14.9. The predicted molar refractivity (Wildman–Crippen MR) is 117 cm³/mol. The Hall–Kier alpha value is -3.21. The Balaban J connectivity index is 1.43. The summed E-state index contributed by atoms with van der Waals surface area (Å²) in [6, 6.07) is 20.2. The molecular formula is C24H26N4O. The Bertz CT molecular complexity index is 1000. The zero-order valence-electron chi connectivity index (χ0n) is 16.9. The number of nitrogens with zero attached hydrogens (tertiary/aromatic N) is 3. The second-order valence-electron chi connectivity index (χ2n) is 7.79. The maximum Gasteiger partial charge on any atom is 0.229 e. The molecule has 2 aromatic carbocycles. The fourth-order valence-electron chi connectivity index (χ4n) is 3.82. The number of aryl methyl sites for hydroxylation is 2. The van der Waals surface area contributed by atoms with Crippen molar-refractivity contribution in [2.45, 2.75) is 26.7 Å². The third kappa shape index (κ3) is 4.62. The molecule has 5 heteroatoms. The van der Waals surface area contributed by atoms with Crippen LogP contribution in [-0.4, -0.2) is 29.2 Å². The van der Waals surface area contributed by atoms with E-state index in [-0.39, 0.29) is 11.8 Å². The fraction of sp³-hybridized carbons (Fsp3) is 0.292. The predicted octanol–water partition coefficient (Wildman–Crippen LogP) is 4.62. The van der Waals surface area contributed by atoms with Crippen molar-refractivity contribution in [3.05, 3.63) is 71.8 Å². The lowest BCUT2D eigenvalue weighted by Crippen LogP contribution is -2.41. The summed E-state index contributed by atoms with van der Waals surface area (Å²) >= 11 is 0. The molecule has 0 radical (unpaired) electrons. The van der Waals surface area contributed by atoms with Crippen LogP contribution in [0.3, 0.4) is 0 Å². The highest BCUT2D eigenvalue weighted by Crippen LogP contribution is 2.24. The van der Waals surface area contributed by atoms with Crippen molar-refractivity contribution in [1.82, 2.24) is 10.2 Å². The van der Waals surface area contributed by atoms with E-state index in [0.29, 0.717) is 6.54 Å². The molecule has 1 fully saturated rings. The molecule has 0 spiro atoms. The minimum absolute atomic E-state index is 0.0532. The third-order valence-corrected chi connectivity index (χ3v) is 5.37. The third-order valence-electron chi connectivity index (χ3n) is 5.37. The monoisotopic (exact) mass is 386 g/mol. The van der Waals surface area contributed by atoms with Gasteiger partial charge in [0, 0.05) is 24.3 Å². The highest BCUT2D eigenvalue weighted by atomic mass is 16.1. The number of hydrogen-bond donors (Lipinski definition) is 1. The van der Waals surface area contributed by atoms with Crippen molar-refractivity contribution >= 4 is 17.4 Å². The molecule has 0 bridgehead atoms. The van der Waals surface area contributed by atoms with Crippen LogP contribution in [0.4, 0.5) is 11.5 Å². The van der Waals surface area contributed by atoms with Crippen LogP contribution in [0.25, 0.3) is 11.3 Å². The number of piperidine rings is 1. The summed E-state index contributed by atoms with van der Waals surface area (Å²) in [6.45, 7) is 5.65. The summed E-state index contributed by atoms with van der Waals surface area (Å²) in [6.07, 6.45) is 1.86. The largest absolute Gasteiger partial charge is 0.354 e. The first-order chi connectivity index (χ1) is 14.1. The SMILES string of the molecule is Cc1cccc(NC(=O)C2CCCN(c3ccc(-c4cccc(C)c4)nn3)C2)c1. The molecule has 0 aliphatic carbocycles. The average molecular weight is 386 g/mol. The van der Waals surface area contributed by atoms with Crippen molar-refractivity contribution in [3.63, 3.8) is 0 Å². The van der Waals surface area contributed by atoms with E-state index in [9.17, 15) is 4.79 Å². The number of anilines is 2. The number of carbonyl (C=O) groups is 1. The number of amides is 1. The molecule has 3 aromatic rings. The molecule has 1 atom stereocenters. The van der Waals surface area contributed by atoms with Crippen LogP contribution in [0.2, 0.25) is 0 Å². The molecule has 1 saturated heterocycles. The second-order valence-corrected chi connectivity index (χ2v) is 7.79. The Labute approximate surface area is 171 Å². The van der Waals surface area contributed by atoms with E-state index in [4.69, 9.17) is 0 Å². The van der Waals surface area contributed by atoms with Gasteiger partial charge in [0.05, 0.1) is 11.6 Å². The van der Waals surface area contributed by atoms with Crippen molar-refractivity contribution in [2.24, 2.45) is 5.92 Å². The maximum atomic E-state index is 12.8. The van der Waals surface area contributed by atoms with Crippen molar-refractivity contribution in [2.75, 3.05) is 23.3 Å². The first-order valence-corrected chi connectivity index (χ1v) is 10.1. The number of rotatable bonds is 4. The summed E-state index contributed by atoms with van der Waals surface area (Å²) in [5.41, 5.74) is 5.12. The van der Waals surface area contributed by atoms with Gasteiger partial charge in [-0.15, -0.1) is 10.2 Å². The average Bonchev–Trinajstić information content (AvgIpc) is 2.74. The molecule has 1 aliphatic heterocycles. The highest BCUT2D eigenvalue weighted by Gasteiger charge is 2.26. The summed E-state index contributed by atoms with van der Waals surface area (Å²) < 4.78 is 0. The lowest BCUT2D eigenvalue weighted by molar-refractivity contribution is -0.120. The van der Waals surface area contributed by atoms with E-state index in [1.807, 2.05) is 55.5 Å². The summed E-state index contributed by atoms with van der Waals surface area (Å²) in [5.74, 6) is 0.849. The van der Waals surface area contributed by atoms with Gasteiger partial charge in [-0.3, -0.25) is 4.79 Å². The summed E-state index contributed by atoms with van der Waals surface area (Å²) in [5, 5.41) is 11.9. The van der Waals surface area contributed by atoms with Crippen LogP contribution >= 0.6 is 0 Å². The second kappa shape index (κ2) is 8.43. The van der Waals surface area contributed by atoms with Gasteiger partial charge >= 0.3 is 0 Å². The van der Waals surface area contributed by atoms with Crippen LogP contribution in [-0.2, 0) is 4.79 Å². The van der Waals surface area contributed by atoms with Gasteiger partial charge in [0.25, 0.3) is 0 Å². The van der Waals surface area contributed by atoms with Gasteiger partial charge in [0.1, 0.15) is 0 Å². The lowest BCUT2D eigenvalue weighted by Gasteiger charge is -2.32. The Kier molecular flexibility index (Phi) is 5.56. The van der Waals surface area contributed by atoms with Crippen LogP contribution in [0.1, 0.15) is 24.0 Å². The van der Waals surface area contributed by atoms with Gasteiger partial charge < -0.3 is 10.2 Å². The van der Waals surface area contributed by atoms with Gasteiger partial charge in [-0.2, -0.15) is 0 Å². The molecule has 1 N–H and O–H groups in total. The normalized spacial score (nSPS) is 16.5. The molecule has 1 aromatic heterocycles. The molecule has 0 saturated carbocycles. The molecule has 5 nitrogen and oxygen atoms in total. The van der Waals surface area contributed by atoms with E-state index in [2.05, 4.69) is 39.5 Å². The van der Waals surface area contributed by atoms with Crippen LogP contribution < -0.4 is 10.2 Å². The molecule has 29 heavy (non-hydrogen) atoms. The van der Waals surface area contributed by atoms with Gasteiger partial charge in [0.15, 0.2) is 5.82 Å². The molecule has 1 unspecified atom stereocenters. The number of benzene rings is 2. The zero-order valence-corrected chi connectivity index (χ0v) is 16.9. The van der Waals surface area contributed by atoms with Crippen molar-refractivity contribution in [3.8, 4) is 11.3 Å². The molecule has 1 aliphatic rings. The Morgan fingerprint density at radius 3 is 2.52 bits per heavy atom. The van der Waals surface area contributed by atoms with E-state index < -0.39 is 0 Å². The minimum Gasteiger partial charge on any atom is -0.354 e. The van der Waals surface area contributed by atoms with Crippen LogP contribution in [0, 0.1) is 19.8 Å². The molecule has 4 rings (SSSR count). The van der Waals surface area contributed by atoms with Gasteiger partial charge in [-0.05, 0) is 62.6 Å². The van der Waals surface area contributed by atoms with Gasteiger partial charge in [0.2, 0.25) is 5.91 Å². The van der Waals surface area contributed by atoms with Crippen molar-refractivity contribution in [1.29, 1.82) is 0 Å². The Morgan fingerprint density at radius 2 is 1.79 bits per heavy atom. The topological polar surface area (TPSA) is 58.1 Å². The number of aromatic nitrogens is 2. The van der Waals surface area contributed by atoms with Crippen LogP contribution in [0.15, 0.2) is 60.7 Å². The van der Waals surface area contributed by atoms with E-state index in [0.717, 1.165) is 47.7 Å². The number of hydrogen-bond acceptors (Lipinski definition) is 4. The first-order valence-electron chi connectivity index (χ1n) is 10.1. The van der Waals surface area contributed by atoms with Gasteiger partial charge in [-0.1, -0.05) is 35.9 Å². The number of carbonyl (C=O) groups excluding carboxylic acids is 1. The van der Waals surface area contributed by atoms with E-state index in [1.54, 1.807) is 0 Å². The molecule has 2 heterocycles. The minimum atomic E-state index is -0.0532. The zero-order chi connectivity index (χ0) is 20.2. The lowest BCUT2D eigenvalue weighted by atomic mass is 9.97. The quantitative estimate of drug-likeness (QED) is 0.711. The smallest absolute Gasteiger partial charge is 0.229 e. The van der Waals surface area contributed by atoms with E-state index in [1.165, 1.54) is 5.56 Å². The molecular weight excluding hydrogens is 360 g/mol. The fourth-order valence-corrected chi connectivity index (χ4v) is 3.82. The van der Waals surface area contributed by atoms with Crippen molar-refractivity contribution < 1.29 is 4.79 Å². The van der Waals surface area contributed by atoms with E-state index >= 15 is 0 Å². The maximum absolute atomic E-state index is 12.8. The number of nitrogens with one attached hydrogen (secondary N) is 1. The molecule has 148 valence electrons. The first kappa shape index (κ1) is 19.1. The van der Waals surface area contributed by atoms with Crippen LogP contribution in [0.5, 0.6) is 0 Å². The standard InChI is InChI=1S/C24H26N4O/c1-17-6-3-8-19(14-17)22-11-12-23(27-26-22)28-13-5-9-20(16-28)24(29)25-21-10-4-7-18(2)15-21/h3-4,6-8,10-12,14-15,20H,5,9,13,16H2,1-2H3,(H,25,29). The van der Waals surface area contributed by atoms with Gasteiger partial charge in [-0.25, -0.2) is 0 Å². The Morgan fingerprint density at radius 1 is 1.00 bits per heavy atom.